The SMILES string of the molecule is CNc1ccc(C(F)(F)F)cc1C(=O)NCCC(C)SC. The molecule has 0 heterocycles. The molecule has 0 saturated carbocycles. The van der Waals surface area contributed by atoms with Crippen molar-refractivity contribution in [3.63, 3.8) is 0 Å². The summed E-state index contributed by atoms with van der Waals surface area (Å²) < 4.78 is 38.1. The van der Waals surface area contributed by atoms with Gasteiger partial charge in [-0.3, -0.25) is 4.79 Å². The van der Waals surface area contributed by atoms with Crippen molar-refractivity contribution < 1.29 is 18.0 Å². The molecule has 118 valence electrons. The van der Waals surface area contributed by atoms with Gasteiger partial charge in [0.1, 0.15) is 0 Å². The van der Waals surface area contributed by atoms with E-state index < -0.39 is 17.6 Å². The van der Waals surface area contributed by atoms with Crippen LogP contribution in [0, 0.1) is 0 Å². The molecule has 21 heavy (non-hydrogen) atoms. The monoisotopic (exact) mass is 320 g/mol. The maximum atomic E-state index is 12.7. The normalized spacial score (nSPS) is 12.9. The molecule has 1 amide bonds. The van der Waals surface area contributed by atoms with E-state index in [1.165, 1.54) is 6.07 Å². The number of benzene rings is 1. The minimum Gasteiger partial charge on any atom is -0.387 e. The summed E-state index contributed by atoms with van der Waals surface area (Å²) in [6, 6.07) is 3.10. The van der Waals surface area contributed by atoms with E-state index in [0.29, 0.717) is 17.5 Å². The summed E-state index contributed by atoms with van der Waals surface area (Å²) >= 11 is 1.67. The highest BCUT2D eigenvalue weighted by Crippen LogP contribution is 2.31. The number of halogens is 3. The zero-order valence-electron chi connectivity index (χ0n) is 12.2. The van der Waals surface area contributed by atoms with Crippen molar-refractivity contribution in [1.29, 1.82) is 0 Å². The molecule has 1 unspecified atom stereocenters. The predicted molar refractivity (Wildman–Crippen MR) is 80.9 cm³/mol. The van der Waals surface area contributed by atoms with Crippen LogP contribution in [-0.4, -0.2) is 31.0 Å². The van der Waals surface area contributed by atoms with Crippen LogP contribution < -0.4 is 10.6 Å². The van der Waals surface area contributed by atoms with Crippen molar-refractivity contribution in [3.05, 3.63) is 29.3 Å². The third-order valence-corrected chi connectivity index (χ3v) is 4.14. The number of hydrogen-bond donors (Lipinski definition) is 2. The van der Waals surface area contributed by atoms with Crippen molar-refractivity contribution in [3.8, 4) is 0 Å². The van der Waals surface area contributed by atoms with Crippen molar-refractivity contribution in [2.75, 3.05) is 25.2 Å². The van der Waals surface area contributed by atoms with Gasteiger partial charge in [-0.05, 0) is 30.9 Å². The quantitative estimate of drug-likeness (QED) is 0.841. The Bertz CT molecular complexity index is 492. The average Bonchev–Trinajstić information content (AvgIpc) is 2.45. The number of hydrogen-bond acceptors (Lipinski definition) is 3. The standard InChI is InChI=1S/C14H19F3N2OS/c1-9(21-3)6-7-19-13(20)11-8-10(14(15,16)17)4-5-12(11)18-2/h4-5,8-9,18H,6-7H2,1-3H3,(H,19,20). The molecule has 7 heteroatoms. The van der Waals surface area contributed by atoms with Gasteiger partial charge in [0.25, 0.3) is 5.91 Å². The van der Waals surface area contributed by atoms with Crippen LogP contribution in [0.25, 0.3) is 0 Å². The Morgan fingerprint density at radius 3 is 2.57 bits per heavy atom. The second-order valence-corrected chi connectivity index (χ2v) is 5.88. The Morgan fingerprint density at radius 1 is 1.38 bits per heavy atom. The van der Waals surface area contributed by atoms with Gasteiger partial charge < -0.3 is 10.6 Å². The molecule has 1 atom stereocenters. The van der Waals surface area contributed by atoms with E-state index in [1.54, 1.807) is 18.8 Å². The average molecular weight is 320 g/mol. The molecule has 0 radical (unpaired) electrons. The smallest absolute Gasteiger partial charge is 0.387 e. The maximum absolute atomic E-state index is 12.7. The van der Waals surface area contributed by atoms with Crippen LogP contribution in [0.3, 0.4) is 0 Å². The topological polar surface area (TPSA) is 41.1 Å². The Labute approximate surface area is 126 Å². The first-order valence-electron chi connectivity index (χ1n) is 6.49. The fourth-order valence-corrected chi connectivity index (χ4v) is 2.08. The summed E-state index contributed by atoms with van der Waals surface area (Å²) in [6.45, 7) is 2.46. The molecule has 1 aromatic rings. The van der Waals surface area contributed by atoms with E-state index in [4.69, 9.17) is 0 Å². The summed E-state index contributed by atoms with van der Waals surface area (Å²) in [7, 11) is 1.56. The minimum atomic E-state index is -4.46. The van der Waals surface area contributed by atoms with Gasteiger partial charge in [-0.2, -0.15) is 24.9 Å². The van der Waals surface area contributed by atoms with Gasteiger partial charge in [0, 0.05) is 24.5 Å². The van der Waals surface area contributed by atoms with E-state index in [1.807, 2.05) is 13.2 Å². The maximum Gasteiger partial charge on any atom is 0.416 e. The number of alkyl halides is 3. The van der Waals surface area contributed by atoms with Crippen LogP contribution in [0.4, 0.5) is 18.9 Å². The fraction of sp³-hybridized carbons (Fsp3) is 0.500. The molecule has 0 aromatic heterocycles. The lowest BCUT2D eigenvalue weighted by Gasteiger charge is -2.14. The predicted octanol–water partition coefficient (Wildman–Crippen LogP) is 3.62. The number of thioether (sulfide) groups is 1. The summed E-state index contributed by atoms with van der Waals surface area (Å²) in [5.74, 6) is -0.501. The van der Waals surface area contributed by atoms with Crippen molar-refractivity contribution in [1.82, 2.24) is 5.32 Å². The van der Waals surface area contributed by atoms with Gasteiger partial charge in [0.05, 0.1) is 11.1 Å². The molecular formula is C14H19F3N2OS. The summed E-state index contributed by atoms with van der Waals surface area (Å²) in [5, 5.41) is 5.78. The number of amides is 1. The molecule has 2 N–H and O–H groups in total. The second kappa shape index (κ2) is 7.59. The molecule has 3 nitrogen and oxygen atoms in total. The van der Waals surface area contributed by atoms with Crippen LogP contribution in [0.5, 0.6) is 0 Å². The van der Waals surface area contributed by atoms with Gasteiger partial charge in [0.15, 0.2) is 0 Å². The second-order valence-electron chi connectivity index (χ2n) is 4.60. The summed E-state index contributed by atoms with van der Waals surface area (Å²) in [5.41, 5.74) is -0.452. The number of carbonyl (C=O) groups excluding carboxylic acids is 1. The van der Waals surface area contributed by atoms with Gasteiger partial charge in [0.2, 0.25) is 0 Å². The molecule has 0 spiro atoms. The first-order chi connectivity index (χ1) is 9.79. The Hall–Kier alpha value is -1.37. The first-order valence-corrected chi connectivity index (χ1v) is 7.78. The van der Waals surface area contributed by atoms with Crippen LogP contribution >= 0.6 is 11.8 Å². The Morgan fingerprint density at radius 2 is 2.05 bits per heavy atom. The van der Waals surface area contributed by atoms with Crippen LogP contribution in [0.1, 0.15) is 29.3 Å². The van der Waals surface area contributed by atoms with Crippen molar-refractivity contribution in [2.45, 2.75) is 24.8 Å². The van der Waals surface area contributed by atoms with E-state index in [-0.39, 0.29) is 5.56 Å². The van der Waals surface area contributed by atoms with Gasteiger partial charge >= 0.3 is 6.18 Å². The lowest BCUT2D eigenvalue weighted by Crippen LogP contribution is -2.27. The Kier molecular flexibility index (Phi) is 6.39. The van der Waals surface area contributed by atoms with Crippen LogP contribution in [0.2, 0.25) is 0 Å². The zero-order valence-corrected chi connectivity index (χ0v) is 13.0. The van der Waals surface area contributed by atoms with Gasteiger partial charge in [-0.15, -0.1) is 0 Å². The van der Waals surface area contributed by atoms with Crippen LogP contribution in [0.15, 0.2) is 18.2 Å². The largest absolute Gasteiger partial charge is 0.416 e. The van der Waals surface area contributed by atoms with Crippen molar-refractivity contribution in [2.24, 2.45) is 0 Å². The minimum absolute atomic E-state index is 0.00382. The van der Waals surface area contributed by atoms with E-state index in [0.717, 1.165) is 18.6 Å². The van der Waals surface area contributed by atoms with Gasteiger partial charge in [-0.1, -0.05) is 6.92 Å². The molecule has 0 saturated heterocycles. The number of carbonyl (C=O) groups is 1. The fourth-order valence-electron chi connectivity index (χ4n) is 1.73. The molecule has 0 aliphatic heterocycles. The molecular weight excluding hydrogens is 301 g/mol. The Balaban J connectivity index is 2.86. The van der Waals surface area contributed by atoms with Crippen LogP contribution in [-0.2, 0) is 6.18 Å². The third kappa shape index (κ3) is 5.15. The first kappa shape index (κ1) is 17.7. The van der Waals surface area contributed by atoms with Crippen molar-refractivity contribution >= 4 is 23.4 Å². The summed E-state index contributed by atoms with van der Waals surface area (Å²) in [4.78, 5) is 12.0. The molecule has 0 fully saturated rings. The molecule has 1 rings (SSSR count). The van der Waals surface area contributed by atoms with Gasteiger partial charge in [-0.25, -0.2) is 0 Å². The summed E-state index contributed by atoms with van der Waals surface area (Å²) in [6.07, 6.45) is -1.73. The molecule has 0 aliphatic carbocycles. The lowest BCUT2D eigenvalue weighted by atomic mass is 10.1. The van der Waals surface area contributed by atoms with E-state index in [9.17, 15) is 18.0 Å². The molecule has 1 aromatic carbocycles. The number of rotatable bonds is 6. The number of anilines is 1. The lowest BCUT2D eigenvalue weighted by molar-refractivity contribution is -0.137. The van der Waals surface area contributed by atoms with E-state index in [2.05, 4.69) is 10.6 Å². The van der Waals surface area contributed by atoms with E-state index >= 15 is 0 Å². The molecule has 0 aliphatic rings. The third-order valence-electron chi connectivity index (χ3n) is 3.10. The highest BCUT2D eigenvalue weighted by atomic mass is 32.2. The highest BCUT2D eigenvalue weighted by Gasteiger charge is 2.31. The number of nitrogens with one attached hydrogen (secondary N) is 2. The highest BCUT2D eigenvalue weighted by molar-refractivity contribution is 7.99. The zero-order chi connectivity index (χ0) is 16.0. The molecule has 0 bridgehead atoms.